The van der Waals surface area contributed by atoms with E-state index >= 15 is 0 Å². The fraction of sp³-hybridized carbons (Fsp3) is 0.867. The second kappa shape index (κ2) is 6.97. The van der Waals surface area contributed by atoms with Gasteiger partial charge in [0.1, 0.15) is 0 Å². The molecule has 0 aliphatic carbocycles. The Balaban J connectivity index is 1.91. The first-order chi connectivity index (χ1) is 8.76. The van der Waals surface area contributed by atoms with Crippen LogP contribution in [0.15, 0.2) is 11.6 Å². The molecule has 1 unspecified atom stereocenters. The van der Waals surface area contributed by atoms with Crippen LogP contribution in [0.25, 0.3) is 0 Å². The van der Waals surface area contributed by atoms with Crippen molar-refractivity contribution in [2.45, 2.75) is 44.6 Å². The summed E-state index contributed by atoms with van der Waals surface area (Å²) in [6.45, 7) is 4.37. The molecular formula is C15H27NOS. The largest absolute Gasteiger partial charge is 0.375 e. The van der Waals surface area contributed by atoms with Gasteiger partial charge in [-0.1, -0.05) is 11.6 Å². The van der Waals surface area contributed by atoms with Gasteiger partial charge >= 0.3 is 0 Å². The molecule has 0 aromatic carbocycles. The topological polar surface area (TPSA) is 21.3 Å². The molecule has 0 aromatic heterocycles. The molecule has 0 amide bonds. The van der Waals surface area contributed by atoms with E-state index in [4.69, 9.17) is 4.74 Å². The highest BCUT2D eigenvalue weighted by atomic mass is 32.2. The second-order valence-corrected chi connectivity index (χ2v) is 6.90. The number of hydrogen-bond acceptors (Lipinski definition) is 3. The van der Waals surface area contributed by atoms with Crippen molar-refractivity contribution >= 4 is 11.8 Å². The van der Waals surface area contributed by atoms with E-state index in [9.17, 15) is 0 Å². The summed E-state index contributed by atoms with van der Waals surface area (Å²) in [5.41, 5.74) is 1.82. The normalized spacial score (nSPS) is 28.6. The molecule has 0 radical (unpaired) electrons. The molecule has 0 saturated carbocycles. The monoisotopic (exact) mass is 269 g/mol. The Morgan fingerprint density at radius 2 is 2.22 bits per heavy atom. The zero-order valence-corrected chi connectivity index (χ0v) is 12.7. The number of hydrogen-bond donors (Lipinski definition) is 1. The first kappa shape index (κ1) is 14.4. The fourth-order valence-electron chi connectivity index (χ4n) is 3.12. The van der Waals surface area contributed by atoms with Crippen molar-refractivity contribution in [3.8, 4) is 0 Å². The number of nitrogens with one attached hydrogen (secondary N) is 1. The maximum atomic E-state index is 6.16. The minimum absolute atomic E-state index is 0.228. The van der Waals surface area contributed by atoms with E-state index in [0.29, 0.717) is 0 Å². The van der Waals surface area contributed by atoms with Crippen molar-refractivity contribution < 1.29 is 4.74 Å². The first-order valence-corrected chi connectivity index (χ1v) is 8.44. The standard InChI is InChI=1S/C15H27NOS/c1-13(4-3-8-16-2)14-5-9-17-15(12-14)6-10-18-11-7-15/h4,14,16H,3,5-12H2,1-2H3. The summed E-state index contributed by atoms with van der Waals surface area (Å²) in [7, 11) is 2.02. The van der Waals surface area contributed by atoms with Gasteiger partial charge in [-0.15, -0.1) is 0 Å². The third-order valence-corrected chi connectivity index (χ3v) is 5.39. The average molecular weight is 269 g/mol. The van der Waals surface area contributed by atoms with Gasteiger partial charge in [0.25, 0.3) is 0 Å². The van der Waals surface area contributed by atoms with Crippen LogP contribution in [0.3, 0.4) is 0 Å². The summed E-state index contributed by atoms with van der Waals surface area (Å²) in [6.07, 6.45) is 8.59. The van der Waals surface area contributed by atoms with Gasteiger partial charge in [-0.25, -0.2) is 0 Å². The van der Waals surface area contributed by atoms with Crippen LogP contribution in [0.4, 0.5) is 0 Å². The predicted molar refractivity (Wildman–Crippen MR) is 80.3 cm³/mol. The van der Waals surface area contributed by atoms with Gasteiger partial charge in [0.05, 0.1) is 5.60 Å². The number of ether oxygens (including phenoxy) is 1. The lowest BCUT2D eigenvalue weighted by Gasteiger charge is -2.43. The quantitative estimate of drug-likeness (QED) is 0.625. The highest BCUT2D eigenvalue weighted by Crippen LogP contribution is 2.41. The van der Waals surface area contributed by atoms with E-state index in [-0.39, 0.29) is 5.60 Å². The van der Waals surface area contributed by atoms with Crippen LogP contribution >= 0.6 is 11.8 Å². The Morgan fingerprint density at radius 3 is 2.94 bits per heavy atom. The van der Waals surface area contributed by atoms with Crippen molar-refractivity contribution in [3.63, 3.8) is 0 Å². The summed E-state index contributed by atoms with van der Waals surface area (Å²) in [5, 5.41) is 3.21. The van der Waals surface area contributed by atoms with Gasteiger partial charge < -0.3 is 10.1 Å². The van der Waals surface area contributed by atoms with Gasteiger partial charge in [-0.05, 0) is 70.0 Å². The Labute approximate surface area is 116 Å². The van der Waals surface area contributed by atoms with Crippen LogP contribution in [0.2, 0.25) is 0 Å². The predicted octanol–water partition coefficient (Wildman–Crippen LogP) is 3.23. The van der Waals surface area contributed by atoms with E-state index in [1.807, 2.05) is 7.05 Å². The smallest absolute Gasteiger partial charge is 0.0704 e. The average Bonchev–Trinajstić information content (AvgIpc) is 2.40. The lowest BCUT2D eigenvalue weighted by molar-refractivity contribution is -0.0965. The van der Waals surface area contributed by atoms with Crippen LogP contribution in [-0.2, 0) is 4.74 Å². The molecule has 1 spiro atoms. The van der Waals surface area contributed by atoms with E-state index in [2.05, 4.69) is 30.1 Å². The Bertz CT molecular complexity index is 279. The lowest BCUT2D eigenvalue weighted by Crippen LogP contribution is -2.43. The highest BCUT2D eigenvalue weighted by molar-refractivity contribution is 7.99. The zero-order chi connectivity index (χ0) is 12.8. The van der Waals surface area contributed by atoms with Crippen LogP contribution < -0.4 is 5.32 Å². The molecule has 1 atom stereocenters. The van der Waals surface area contributed by atoms with E-state index in [1.54, 1.807) is 5.57 Å². The van der Waals surface area contributed by atoms with Crippen LogP contribution in [0, 0.1) is 5.92 Å². The van der Waals surface area contributed by atoms with E-state index < -0.39 is 0 Å². The lowest BCUT2D eigenvalue weighted by atomic mass is 9.79. The summed E-state index contributed by atoms with van der Waals surface area (Å²) in [6, 6.07) is 0. The molecule has 2 aliphatic heterocycles. The van der Waals surface area contributed by atoms with Crippen LogP contribution in [0.5, 0.6) is 0 Å². The third kappa shape index (κ3) is 3.75. The first-order valence-electron chi connectivity index (χ1n) is 7.29. The minimum atomic E-state index is 0.228. The molecule has 2 heterocycles. The molecule has 104 valence electrons. The van der Waals surface area contributed by atoms with Gasteiger partial charge in [0.15, 0.2) is 0 Å². The maximum Gasteiger partial charge on any atom is 0.0704 e. The molecule has 0 bridgehead atoms. The Morgan fingerprint density at radius 1 is 1.44 bits per heavy atom. The summed E-state index contributed by atoms with van der Waals surface area (Å²) in [5.74, 6) is 3.34. The number of thioether (sulfide) groups is 1. The van der Waals surface area contributed by atoms with Crippen molar-refractivity contribution in [1.82, 2.24) is 5.32 Å². The van der Waals surface area contributed by atoms with E-state index in [0.717, 1.165) is 25.5 Å². The third-order valence-electron chi connectivity index (χ3n) is 4.40. The van der Waals surface area contributed by atoms with Gasteiger partial charge in [0.2, 0.25) is 0 Å². The highest BCUT2D eigenvalue weighted by Gasteiger charge is 2.38. The Hall–Kier alpha value is 0.01000. The molecule has 2 aliphatic rings. The maximum absolute atomic E-state index is 6.16. The molecule has 1 N–H and O–H groups in total. The molecular weight excluding hydrogens is 242 g/mol. The number of rotatable bonds is 4. The molecule has 2 fully saturated rings. The SMILES string of the molecule is CNCCC=C(C)C1CCOC2(CCSCC2)C1. The van der Waals surface area contributed by atoms with Crippen LogP contribution in [0.1, 0.15) is 39.0 Å². The van der Waals surface area contributed by atoms with Crippen molar-refractivity contribution in [3.05, 3.63) is 11.6 Å². The Kier molecular flexibility index (Phi) is 5.58. The summed E-state index contributed by atoms with van der Waals surface area (Å²) in [4.78, 5) is 0. The molecule has 2 saturated heterocycles. The van der Waals surface area contributed by atoms with Crippen molar-refractivity contribution in [1.29, 1.82) is 0 Å². The van der Waals surface area contributed by atoms with Crippen LogP contribution in [-0.4, -0.2) is 37.3 Å². The molecule has 18 heavy (non-hydrogen) atoms. The summed E-state index contributed by atoms with van der Waals surface area (Å²) < 4.78 is 6.16. The van der Waals surface area contributed by atoms with Crippen molar-refractivity contribution in [2.24, 2.45) is 5.92 Å². The molecule has 2 rings (SSSR count). The van der Waals surface area contributed by atoms with Gasteiger partial charge in [-0.3, -0.25) is 0 Å². The number of allylic oxidation sites excluding steroid dienone is 1. The molecule has 0 aromatic rings. The van der Waals surface area contributed by atoms with Crippen molar-refractivity contribution in [2.75, 3.05) is 31.7 Å². The summed E-state index contributed by atoms with van der Waals surface area (Å²) >= 11 is 2.09. The fourth-order valence-corrected chi connectivity index (χ4v) is 4.36. The van der Waals surface area contributed by atoms with Gasteiger partial charge in [-0.2, -0.15) is 11.8 Å². The zero-order valence-electron chi connectivity index (χ0n) is 11.8. The second-order valence-electron chi connectivity index (χ2n) is 5.67. The minimum Gasteiger partial charge on any atom is -0.375 e. The van der Waals surface area contributed by atoms with E-state index in [1.165, 1.54) is 37.2 Å². The van der Waals surface area contributed by atoms with Gasteiger partial charge in [0, 0.05) is 6.61 Å². The molecule has 3 heteroatoms. The molecule has 2 nitrogen and oxygen atoms in total.